The molecule has 2 aromatic carbocycles. The van der Waals surface area contributed by atoms with E-state index in [9.17, 15) is 4.79 Å². The molecule has 0 bridgehead atoms. The lowest BCUT2D eigenvalue weighted by Gasteiger charge is -2.36. The van der Waals surface area contributed by atoms with E-state index in [0.29, 0.717) is 18.0 Å². The number of anilines is 1. The van der Waals surface area contributed by atoms with Crippen LogP contribution in [0.25, 0.3) is 0 Å². The molecular weight excluding hydrogens is 426 g/mol. The number of rotatable bonds is 8. The van der Waals surface area contributed by atoms with Gasteiger partial charge in [-0.2, -0.15) is 0 Å². The van der Waals surface area contributed by atoms with Crippen LogP contribution in [0, 0.1) is 6.92 Å². The van der Waals surface area contributed by atoms with Crippen LogP contribution in [0.4, 0.5) is 5.82 Å². The van der Waals surface area contributed by atoms with Crippen molar-refractivity contribution in [2.24, 2.45) is 0 Å². The number of hydrogen-bond donors (Lipinski definition) is 0. The van der Waals surface area contributed by atoms with E-state index in [1.165, 1.54) is 16.7 Å². The van der Waals surface area contributed by atoms with Crippen molar-refractivity contribution in [3.63, 3.8) is 0 Å². The van der Waals surface area contributed by atoms with Crippen LogP contribution in [0.5, 0.6) is 5.75 Å². The molecule has 4 rings (SSSR count). The normalized spacial score (nSPS) is 14.3. The molecule has 34 heavy (non-hydrogen) atoms. The van der Waals surface area contributed by atoms with Crippen LogP contribution >= 0.6 is 0 Å². The number of aryl methyl sites for hydroxylation is 1. The first-order valence-electron chi connectivity index (χ1n) is 11.9. The molecule has 3 aromatic rings. The average molecular weight is 460 g/mol. The number of piperazine rings is 1. The molecule has 1 aromatic heterocycles. The maximum atomic E-state index is 12.5. The first-order valence-corrected chi connectivity index (χ1v) is 11.9. The molecule has 6 nitrogen and oxygen atoms in total. The highest BCUT2D eigenvalue weighted by molar-refractivity contribution is 5.94. The molecule has 1 aliphatic rings. The third kappa shape index (κ3) is 6.35. The zero-order valence-electron chi connectivity index (χ0n) is 20.2. The van der Waals surface area contributed by atoms with Crippen LogP contribution in [0.3, 0.4) is 0 Å². The summed E-state index contributed by atoms with van der Waals surface area (Å²) in [4.78, 5) is 21.6. The molecule has 0 spiro atoms. The summed E-state index contributed by atoms with van der Waals surface area (Å²) in [7, 11) is 0. The number of aromatic nitrogens is 1. The summed E-state index contributed by atoms with van der Waals surface area (Å²) in [5, 5.41) is 0. The zero-order chi connectivity index (χ0) is 23.9. The fourth-order valence-corrected chi connectivity index (χ4v) is 4.05. The van der Waals surface area contributed by atoms with Gasteiger partial charge in [-0.15, -0.1) is 0 Å². The van der Waals surface area contributed by atoms with Crippen LogP contribution in [0.15, 0.2) is 66.9 Å². The number of carbonyl (C=O) groups excluding carboxylic acids is 1. The Labute approximate surface area is 202 Å². The predicted octanol–water partition coefficient (Wildman–Crippen LogP) is 4.86. The average Bonchev–Trinajstić information content (AvgIpc) is 2.84. The Balaban J connectivity index is 1.32. The van der Waals surface area contributed by atoms with Crippen molar-refractivity contribution >= 4 is 11.8 Å². The molecule has 0 aliphatic carbocycles. The molecule has 0 radical (unpaired) electrons. The number of pyridine rings is 1. The molecule has 1 saturated heterocycles. The molecule has 0 saturated carbocycles. The molecule has 0 atom stereocenters. The van der Waals surface area contributed by atoms with Gasteiger partial charge in [-0.3, -0.25) is 4.90 Å². The fourth-order valence-electron chi connectivity index (χ4n) is 4.05. The lowest BCUT2D eigenvalue weighted by molar-refractivity contribution is 0.0378. The first-order chi connectivity index (χ1) is 16.5. The van der Waals surface area contributed by atoms with Gasteiger partial charge in [-0.1, -0.05) is 42.0 Å². The Bertz CT molecular complexity index is 1090. The van der Waals surface area contributed by atoms with E-state index in [0.717, 1.165) is 38.5 Å². The van der Waals surface area contributed by atoms with Gasteiger partial charge in [0.05, 0.1) is 6.10 Å². The highest BCUT2D eigenvalue weighted by Gasteiger charge is 2.23. The van der Waals surface area contributed by atoms with Crippen LogP contribution in [0.1, 0.15) is 40.9 Å². The second-order valence-corrected chi connectivity index (χ2v) is 9.01. The second-order valence-electron chi connectivity index (χ2n) is 9.01. The van der Waals surface area contributed by atoms with Gasteiger partial charge >= 0.3 is 5.97 Å². The van der Waals surface area contributed by atoms with Gasteiger partial charge in [0.25, 0.3) is 0 Å². The minimum Gasteiger partial charge on any atom is -0.489 e. The summed E-state index contributed by atoms with van der Waals surface area (Å²) in [6.07, 6.45) is 1.57. The van der Waals surface area contributed by atoms with E-state index in [2.05, 4.69) is 64.2 Å². The lowest BCUT2D eigenvalue weighted by atomic mass is 10.1. The Morgan fingerprint density at radius 2 is 1.74 bits per heavy atom. The van der Waals surface area contributed by atoms with Crippen molar-refractivity contribution in [1.82, 2.24) is 9.88 Å². The van der Waals surface area contributed by atoms with Crippen molar-refractivity contribution in [2.75, 3.05) is 31.1 Å². The maximum Gasteiger partial charge on any atom is 0.342 e. The Hall–Kier alpha value is -3.38. The van der Waals surface area contributed by atoms with Crippen LogP contribution < -0.4 is 9.64 Å². The quantitative estimate of drug-likeness (QED) is 0.449. The third-order valence-electron chi connectivity index (χ3n) is 5.85. The van der Waals surface area contributed by atoms with Crippen LogP contribution in [0.2, 0.25) is 0 Å². The van der Waals surface area contributed by atoms with Gasteiger partial charge in [-0.05, 0) is 56.2 Å². The number of nitrogens with zero attached hydrogens (tertiary/aromatic N) is 3. The molecule has 6 heteroatoms. The van der Waals surface area contributed by atoms with Crippen molar-refractivity contribution < 1.29 is 14.3 Å². The monoisotopic (exact) mass is 459 g/mol. The summed E-state index contributed by atoms with van der Waals surface area (Å²) < 4.78 is 11.4. The van der Waals surface area contributed by atoms with Crippen molar-refractivity contribution in [3.8, 4) is 5.75 Å². The van der Waals surface area contributed by atoms with Gasteiger partial charge in [0.15, 0.2) is 0 Å². The molecule has 0 N–H and O–H groups in total. The third-order valence-corrected chi connectivity index (χ3v) is 5.85. The zero-order valence-corrected chi connectivity index (χ0v) is 20.2. The number of esters is 1. The summed E-state index contributed by atoms with van der Waals surface area (Å²) in [5.41, 5.74) is 4.18. The molecule has 1 fully saturated rings. The second kappa shape index (κ2) is 11.2. The predicted molar refractivity (Wildman–Crippen MR) is 134 cm³/mol. The molecule has 1 aliphatic heterocycles. The highest BCUT2D eigenvalue weighted by atomic mass is 16.5. The Morgan fingerprint density at radius 3 is 2.47 bits per heavy atom. The topological polar surface area (TPSA) is 54.9 Å². The van der Waals surface area contributed by atoms with E-state index < -0.39 is 0 Å². The van der Waals surface area contributed by atoms with Gasteiger partial charge in [0.2, 0.25) is 0 Å². The fraction of sp³-hybridized carbons (Fsp3) is 0.357. The molecule has 178 valence electrons. The number of hydrogen-bond acceptors (Lipinski definition) is 6. The highest BCUT2D eigenvalue weighted by Crippen LogP contribution is 2.22. The molecule has 0 amide bonds. The summed E-state index contributed by atoms with van der Waals surface area (Å²) in [6.45, 7) is 10.6. The van der Waals surface area contributed by atoms with Gasteiger partial charge in [0.1, 0.15) is 23.7 Å². The first kappa shape index (κ1) is 23.8. The van der Waals surface area contributed by atoms with E-state index in [1.807, 2.05) is 19.9 Å². The Morgan fingerprint density at radius 1 is 0.971 bits per heavy atom. The van der Waals surface area contributed by atoms with E-state index >= 15 is 0 Å². The van der Waals surface area contributed by atoms with Gasteiger partial charge < -0.3 is 14.4 Å². The van der Waals surface area contributed by atoms with Gasteiger partial charge in [0, 0.05) is 38.9 Å². The standard InChI is InChI=1S/C28H33N3O3/c1-21(2)34-28(32)26-8-5-13-29-27(26)31-16-14-30(15-17-31)19-24-6-4-7-25(18-24)33-20-23-11-9-22(3)10-12-23/h4-13,18,21H,14-17,19-20H2,1-3H3. The minimum absolute atomic E-state index is 0.158. The van der Waals surface area contributed by atoms with E-state index in [1.54, 1.807) is 18.3 Å². The van der Waals surface area contributed by atoms with Gasteiger partial charge in [-0.25, -0.2) is 9.78 Å². The minimum atomic E-state index is -0.317. The van der Waals surface area contributed by atoms with Crippen LogP contribution in [-0.2, 0) is 17.9 Å². The summed E-state index contributed by atoms with van der Waals surface area (Å²) in [6, 6.07) is 20.3. The smallest absolute Gasteiger partial charge is 0.342 e. The van der Waals surface area contributed by atoms with Crippen LogP contribution in [-0.4, -0.2) is 48.1 Å². The lowest BCUT2D eigenvalue weighted by Crippen LogP contribution is -2.46. The van der Waals surface area contributed by atoms with E-state index in [-0.39, 0.29) is 12.1 Å². The number of benzene rings is 2. The Kier molecular flexibility index (Phi) is 7.80. The van der Waals surface area contributed by atoms with Crippen molar-refractivity contribution in [1.29, 1.82) is 0 Å². The molecule has 0 unspecified atom stereocenters. The summed E-state index contributed by atoms with van der Waals surface area (Å²) >= 11 is 0. The van der Waals surface area contributed by atoms with E-state index in [4.69, 9.17) is 9.47 Å². The van der Waals surface area contributed by atoms with Crippen molar-refractivity contribution in [3.05, 3.63) is 89.1 Å². The number of carbonyl (C=O) groups is 1. The molecular formula is C28H33N3O3. The van der Waals surface area contributed by atoms with Crippen molar-refractivity contribution in [2.45, 2.75) is 40.0 Å². The largest absolute Gasteiger partial charge is 0.489 e. The summed E-state index contributed by atoms with van der Waals surface area (Å²) in [5.74, 6) is 1.28. The maximum absolute atomic E-state index is 12.5. The number of ether oxygens (including phenoxy) is 2. The molecule has 2 heterocycles. The SMILES string of the molecule is Cc1ccc(COc2cccc(CN3CCN(c4ncccc4C(=O)OC(C)C)CC3)c2)cc1.